The van der Waals surface area contributed by atoms with Crippen LogP contribution < -0.4 is 19.1 Å². The molecule has 1 amide bonds. The number of amides is 1. The van der Waals surface area contributed by atoms with E-state index in [4.69, 9.17) is 9.47 Å². The van der Waals surface area contributed by atoms with Gasteiger partial charge in [-0.15, -0.1) is 0 Å². The number of nitrogens with one attached hydrogen (secondary N) is 1. The molecule has 7 nitrogen and oxygen atoms in total. The molecule has 1 aliphatic rings. The highest BCUT2D eigenvalue weighted by atomic mass is 32.2. The Kier molecular flexibility index (Phi) is 6.27. The lowest BCUT2D eigenvalue weighted by Gasteiger charge is -2.27. The number of fused-ring (bicyclic) bond motifs is 1. The summed E-state index contributed by atoms with van der Waals surface area (Å²) < 4.78 is 52.2. The Balaban J connectivity index is 1.47. The molecule has 0 unspecified atom stereocenters. The van der Waals surface area contributed by atoms with Crippen LogP contribution >= 0.6 is 0 Å². The molecule has 1 atom stereocenters. The molecule has 1 N–H and O–H groups in total. The number of carbonyl (C=O) groups excluding carboxylic acids is 1. The van der Waals surface area contributed by atoms with Gasteiger partial charge >= 0.3 is 0 Å². The quantitative estimate of drug-likeness (QED) is 0.591. The second-order valence-corrected chi connectivity index (χ2v) is 8.97. The number of hydrogen-bond acceptors (Lipinski definition) is 5. The van der Waals surface area contributed by atoms with Gasteiger partial charge in [-0.2, -0.15) is 0 Å². The highest BCUT2D eigenvalue weighted by Gasteiger charge is 2.28. The Bertz CT molecular complexity index is 1190. The van der Waals surface area contributed by atoms with E-state index >= 15 is 0 Å². The van der Waals surface area contributed by atoms with E-state index in [1.165, 1.54) is 24.3 Å². The van der Waals surface area contributed by atoms with Crippen LogP contribution in [-0.2, 0) is 14.8 Å². The molecular formula is C23H21FN2O5S. The van der Waals surface area contributed by atoms with E-state index in [1.54, 1.807) is 30.3 Å². The number of anilines is 1. The van der Waals surface area contributed by atoms with Crippen LogP contribution in [0.1, 0.15) is 0 Å². The molecule has 0 saturated carbocycles. The molecule has 166 valence electrons. The molecule has 32 heavy (non-hydrogen) atoms. The highest BCUT2D eigenvalue weighted by molar-refractivity contribution is 7.92. The van der Waals surface area contributed by atoms with Crippen molar-refractivity contribution in [2.75, 3.05) is 24.0 Å². The van der Waals surface area contributed by atoms with Crippen LogP contribution in [0.5, 0.6) is 11.5 Å². The zero-order chi connectivity index (χ0) is 22.6. The van der Waals surface area contributed by atoms with E-state index in [0.717, 1.165) is 16.4 Å². The van der Waals surface area contributed by atoms with Gasteiger partial charge in [0, 0.05) is 0 Å². The second-order valence-electron chi connectivity index (χ2n) is 7.10. The summed E-state index contributed by atoms with van der Waals surface area (Å²) in [5.74, 6) is 0.172. The van der Waals surface area contributed by atoms with Gasteiger partial charge in [-0.25, -0.2) is 12.8 Å². The zero-order valence-electron chi connectivity index (χ0n) is 17.0. The second kappa shape index (κ2) is 9.27. The Morgan fingerprint density at radius 3 is 2.34 bits per heavy atom. The molecule has 3 aromatic carbocycles. The summed E-state index contributed by atoms with van der Waals surface area (Å²) >= 11 is 0. The van der Waals surface area contributed by atoms with E-state index in [9.17, 15) is 17.6 Å². The van der Waals surface area contributed by atoms with Crippen molar-refractivity contribution < 1.29 is 27.1 Å². The molecule has 0 aliphatic carbocycles. The summed E-state index contributed by atoms with van der Waals surface area (Å²) in [7, 11) is -4.05. The summed E-state index contributed by atoms with van der Waals surface area (Å²) in [4.78, 5) is 12.7. The number of rotatable bonds is 7. The molecule has 4 rings (SSSR count). The SMILES string of the molecule is O=C(CN(c1ccc(F)cc1)S(=O)(=O)c1ccccc1)NC[C@@H]1COc2ccccc2O1. The standard InChI is InChI=1S/C23H21FN2O5S/c24-17-10-12-18(13-11-17)26(32(28,29)20-6-2-1-3-7-20)15-23(27)25-14-19-16-30-21-8-4-5-9-22(21)31-19/h1-13,19H,14-16H2,(H,25,27)/t19-/m1/s1. The van der Waals surface area contributed by atoms with Gasteiger partial charge in [0.2, 0.25) is 5.91 Å². The van der Waals surface area contributed by atoms with Crippen LogP contribution in [0.4, 0.5) is 10.1 Å². The first-order valence-corrected chi connectivity index (χ1v) is 11.4. The molecule has 0 saturated heterocycles. The van der Waals surface area contributed by atoms with Crippen molar-refractivity contribution in [2.45, 2.75) is 11.0 Å². The van der Waals surface area contributed by atoms with Gasteiger partial charge in [-0.1, -0.05) is 30.3 Å². The number of carbonyl (C=O) groups is 1. The van der Waals surface area contributed by atoms with Crippen LogP contribution in [-0.4, -0.2) is 40.1 Å². The maximum atomic E-state index is 13.4. The summed E-state index contributed by atoms with van der Waals surface area (Å²) in [6, 6.07) is 19.9. The van der Waals surface area contributed by atoms with Crippen LogP contribution in [0, 0.1) is 5.82 Å². The molecule has 9 heteroatoms. The monoisotopic (exact) mass is 456 g/mol. The predicted octanol–water partition coefficient (Wildman–Crippen LogP) is 2.98. The van der Waals surface area contributed by atoms with Gasteiger partial charge < -0.3 is 14.8 Å². The number of hydrogen-bond donors (Lipinski definition) is 1. The summed E-state index contributed by atoms with van der Waals surface area (Å²) in [6.45, 7) is -0.0931. The Morgan fingerprint density at radius 1 is 0.969 bits per heavy atom. The molecule has 1 aliphatic heterocycles. The molecular weight excluding hydrogens is 435 g/mol. The Morgan fingerprint density at radius 2 is 1.62 bits per heavy atom. The van der Waals surface area contributed by atoms with Crippen molar-refractivity contribution in [3.05, 3.63) is 84.7 Å². The minimum absolute atomic E-state index is 0.0257. The van der Waals surface area contributed by atoms with E-state index in [0.29, 0.717) is 11.5 Å². The summed E-state index contributed by atoms with van der Waals surface area (Å²) in [5.41, 5.74) is 0.177. The van der Waals surface area contributed by atoms with Crippen LogP contribution in [0.2, 0.25) is 0 Å². The summed E-state index contributed by atoms with van der Waals surface area (Å²) in [5, 5.41) is 2.69. The average Bonchev–Trinajstić information content (AvgIpc) is 2.82. The highest BCUT2D eigenvalue weighted by Crippen LogP contribution is 2.30. The fourth-order valence-corrected chi connectivity index (χ4v) is 4.66. The first-order chi connectivity index (χ1) is 15.4. The number of ether oxygens (including phenoxy) is 2. The number of benzene rings is 3. The third-order valence-electron chi connectivity index (χ3n) is 4.83. The zero-order valence-corrected chi connectivity index (χ0v) is 17.8. The lowest BCUT2D eigenvalue weighted by Crippen LogP contribution is -2.45. The van der Waals surface area contributed by atoms with Crippen molar-refractivity contribution in [1.29, 1.82) is 0 Å². The third-order valence-corrected chi connectivity index (χ3v) is 6.62. The van der Waals surface area contributed by atoms with Crippen molar-refractivity contribution in [3.8, 4) is 11.5 Å². The maximum absolute atomic E-state index is 13.4. The van der Waals surface area contributed by atoms with E-state index in [1.807, 2.05) is 12.1 Å². The first kappa shape index (κ1) is 21.6. The average molecular weight is 456 g/mol. The van der Waals surface area contributed by atoms with Gasteiger partial charge in [-0.05, 0) is 48.5 Å². The molecule has 0 bridgehead atoms. The lowest BCUT2D eigenvalue weighted by molar-refractivity contribution is -0.120. The minimum atomic E-state index is -4.05. The smallest absolute Gasteiger partial charge is 0.264 e. The number of halogens is 1. The van der Waals surface area contributed by atoms with Gasteiger partial charge in [0.1, 0.15) is 25.1 Å². The van der Waals surface area contributed by atoms with Crippen molar-refractivity contribution >= 4 is 21.6 Å². The van der Waals surface area contributed by atoms with Crippen molar-refractivity contribution in [3.63, 3.8) is 0 Å². The third kappa shape index (κ3) is 4.83. The molecule has 3 aromatic rings. The van der Waals surface area contributed by atoms with Gasteiger partial charge in [0.15, 0.2) is 11.5 Å². The largest absolute Gasteiger partial charge is 0.486 e. The van der Waals surface area contributed by atoms with Gasteiger partial charge in [-0.3, -0.25) is 9.10 Å². The molecule has 0 aromatic heterocycles. The van der Waals surface area contributed by atoms with Crippen LogP contribution in [0.15, 0.2) is 83.8 Å². The molecule has 0 fully saturated rings. The number of para-hydroxylation sites is 2. The first-order valence-electron chi connectivity index (χ1n) is 9.92. The molecule has 0 radical (unpaired) electrons. The van der Waals surface area contributed by atoms with E-state index in [-0.39, 0.29) is 23.7 Å². The topological polar surface area (TPSA) is 84.9 Å². The minimum Gasteiger partial charge on any atom is -0.486 e. The van der Waals surface area contributed by atoms with Gasteiger partial charge in [0.05, 0.1) is 17.1 Å². The van der Waals surface area contributed by atoms with E-state index in [2.05, 4.69) is 5.32 Å². The fourth-order valence-electron chi connectivity index (χ4n) is 3.22. The predicted molar refractivity (Wildman–Crippen MR) is 117 cm³/mol. The van der Waals surface area contributed by atoms with Crippen molar-refractivity contribution in [2.24, 2.45) is 0 Å². The fraction of sp³-hybridized carbons (Fsp3) is 0.174. The normalized spacial score (nSPS) is 15.1. The lowest BCUT2D eigenvalue weighted by atomic mass is 10.2. The number of nitrogens with zero attached hydrogens (tertiary/aromatic N) is 1. The molecule has 0 spiro atoms. The van der Waals surface area contributed by atoms with Gasteiger partial charge in [0.25, 0.3) is 10.0 Å². The number of sulfonamides is 1. The van der Waals surface area contributed by atoms with Crippen molar-refractivity contribution in [1.82, 2.24) is 5.32 Å². The Hall–Kier alpha value is -3.59. The maximum Gasteiger partial charge on any atom is 0.264 e. The Labute approximate surface area is 185 Å². The summed E-state index contributed by atoms with van der Waals surface area (Å²) in [6.07, 6.45) is -0.418. The van der Waals surface area contributed by atoms with E-state index < -0.39 is 34.4 Å². The molecule has 1 heterocycles. The van der Waals surface area contributed by atoms with Crippen LogP contribution in [0.25, 0.3) is 0 Å². The van der Waals surface area contributed by atoms with Crippen LogP contribution in [0.3, 0.4) is 0 Å².